The molecule has 7 heteroatoms. The molecule has 1 atom stereocenters. The summed E-state index contributed by atoms with van der Waals surface area (Å²) in [4.78, 5) is 20.3. The van der Waals surface area contributed by atoms with Crippen molar-refractivity contribution in [1.82, 2.24) is 4.90 Å². The first-order valence-corrected chi connectivity index (χ1v) is 10.8. The number of rotatable bonds is 1. The lowest BCUT2D eigenvalue weighted by molar-refractivity contribution is 0.0694. The molecule has 3 heterocycles. The molecule has 31 heavy (non-hydrogen) atoms. The second kappa shape index (κ2) is 7.18. The summed E-state index contributed by atoms with van der Waals surface area (Å²) in [5.41, 5.74) is 1.96. The molecule has 1 amide bonds. The molecule has 1 spiro atoms. The smallest absolute Gasteiger partial charge is 0.254 e. The largest absolute Gasteiger partial charge is 0.454 e. The number of amidine groups is 1. The summed E-state index contributed by atoms with van der Waals surface area (Å²) < 4.78 is 10.8. The molecule has 3 aliphatic rings. The van der Waals surface area contributed by atoms with Crippen LogP contribution in [0.1, 0.15) is 44.0 Å². The Morgan fingerprint density at radius 1 is 1.10 bits per heavy atom. The number of fused-ring (bicyclic) bond motifs is 2. The van der Waals surface area contributed by atoms with E-state index in [9.17, 15) is 4.79 Å². The van der Waals surface area contributed by atoms with Crippen LogP contribution in [0.4, 0.5) is 11.4 Å². The first-order chi connectivity index (χ1) is 14.8. The molecule has 0 bridgehead atoms. The Morgan fingerprint density at radius 2 is 1.87 bits per heavy atom. The molecular formula is C24H28N4O3. The number of amides is 1. The van der Waals surface area contributed by atoms with Crippen molar-refractivity contribution in [3.63, 3.8) is 0 Å². The van der Waals surface area contributed by atoms with Gasteiger partial charge in [-0.1, -0.05) is 12.1 Å². The zero-order valence-corrected chi connectivity index (χ0v) is 18.2. The van der Waals surface area contributed by atoms with Gasteiger partial charge in [-0.3, -0.25) is 9.79 Å². The fourth-order valence-electron chi connectivity index (χ4n) is 4.47. The van der Waals surface area contributed by atoms with Crippen LogP contribution in [0.3, 0.4) is 0 Å². The summed E-state index contributed by atoms with van der Waals surface area (Å²) in [5, 5.41) is 7.29. The summed E-state index contributed by atoms with van der Waals surface area (Å²) in [6, 6.07) is 13.5. The van der Waals surface area contributed by atoms with E-state index >= 15 is 0 Å². The van der Waals surface area contributed by atoms with Gasteiger partial charge in [0.25, 0.3) is 5.91 Å². The Hall–Kier alpha value is -3.22. The third-order valence-electron chi connectivity index (χ3n) is 5.85. The van der Waals surface area contributed by atoms with E-state index in [1.54, 1.807) is 12.1 Å². The Labute approximate surface area is 182 Å². The molecule has 5 rings (SSSR count). The second-order valence-electron chi connectivity index (χ2n) is 9.41. The molecule has 162 valence electrons. The minimum Gasteiger partial charge on any atom is -0.454 e. The highest BCUT2D eigenvalue weighted by Crippen LogP contribution is 2.38. The van der Waals surface area contributed by atoms with Gasteiger partial charge in [0.15, 0.2) is 11.5 Å². The van der Waals surface area contributed by atoms with Crippen LogP contribution in [0.2, 0.25) is 0 Å². The maximum Gasteiger partial charge on any atom is 0.254 e. The van der Waals surface area contributed by atoms with E-state index in [-0.39, 0.29) is 18.2 Å². The number of aliphatic imine (C=N–C) groups is 1. The summed E-state index contributed by atoms with van der Waals surface area (Å²) in [6.07, 6.45) is 1.78. The van der Waals surface area contributed by atoms with E-state index in [1.165, 1.54) is 0 Å². The molecule has 0 saturated carbocycles. The normalized spacial score (nSPS) is 23.3. The predicted molar refractivity (Wildman–Crippen MR) is 121 cm³/mol. The molecule has 2 aromatic carbocycles. The number of nitrogens with zero attached hydrogens (tertiary/aromatic N) is 2. The van der Waals surface area contributed by atoms with Crippen molar-refractivity contribution in [2.24, 2.45) is 4.99 Å². The average Bonchev–Trinajstić information content (AvgIpc) is 3.21. The van der Waals surface area contributed by atoms with E-state index < -0.39 is 5.54 Å². The number of hydrogen-bond acceptors (Lipinski definition) is 5. The summed E-state index contributed by atoms with van der Waals surface area (Å²) in [7, 11) is 0. The number of para-hydroxylation sites is 2. The number of carbonyl (C=O) groups excluding carboxylic acids is 1. The van der Waals surface area contributed by atoms with Crippen LogP contribution in [0.15, 0.2) is 47.5 Å². The lowest BCUT2D eigenvalue weighted by Crippen LogP contribution is -2.63. The zero-order chi connectivity index (χ0) is 21.6. The molecule has 2 N–H and O–H groups in total. The molecule has 7 nitrogen and oxygen atoms in total. The number of piperidine rings is 1. The van der Waals surface area contributed by atoms with E-state index in [0.717, 1.165) is 30.1 Å². The topological polar surface area (TPSA) is 75.2 Å². The fourth-order valence-corrected chi connectivity index (χ4v) is 4.47. The maximum absolute atomic E-state index is 13.4. The summed E-state index contributed by atoms with van der Waals surface area (Å²) in [6.45, 7) is 7.72. The summed E-state index contributed by atoms with van der Waals surface area (Å²) in [5.74, 6) is 2.19. The van der Waals surface area contributed by atoms with Gasteiger partial charge in [-0.25, -0.2) is 0 Å². The standard InChI is InChI=1S/C24H28N4O3/c1-23(2,3)27-22-24(26-18-8-5-4-7-17(18)25-22)11-6-12-28(14-24)21(29)16-9-10-19-20(13-16)31-15-30-19/h4-5,7-10,13,26H,6,11-12,14-15H2,1-3H3,(H,25,27)/t24-/m0/s1. The molecule has 0 aromatic heterocycles. The van der Waals surface area contributed by atoms with Crippen LogP contribution < -0.4 is 20.1 Å². The van der Waals surface area contributed by atoms with Gasteiger partial charge in [0.05, 0.1) is 23.5 Å². The van der Waals surface area contributed by atoms with Crippen molar-refractivity contribution in [1.29, 1.82) is 0 Å². The van der Waals surface area contributed by atoms with E-state index in [1.807, 2.05) is 29.2 Å². The van der Waals surface area contributed by atoms with Gasteiger partial charge >= 0.3 is 0 Å². The molecule has 2 aromatic rings. The molecular weight excluding hydrogens is 392 g/mol. The molecule has 3 aliphatic heterocycles. The fraction of sp³-hybridized carbons (Fsp3) is 0.417. The van der Waals surface area contributed by atoms with Crippen LogP contribution in [0.5, 0.6) is 11.5 Å². The summed E-state index contributed by atoms with van der Waals surface area (Å²) >= 11 is 0. The Morgan fingerprint density at radius 3 is 2.68 bits per heavy atom. The van der Waals surface area contributed by atoms with Crippen molar-refractivity contribution < 1.29 is 14.3 Å². The van der Waals surface area contributed by atoms with Crippen LogP contribution in [0, 0.1) is 0 Å². The lowest BCUT2D eigenvalue weighted by atomic mass is 9.84. The number of likely N-dealkylation sites (tertiary alicyclic amines) is 1. The van der Waals surface area contributed by atoms with Crippen LogP contribution in [0.25, 0.3) is 0 Å². The number of carbonyl (C=O) groups is 1. The van der Waals surface area contributed by atoms with Gasteiger partial charge in [-0.05, 0) is 63.9 Å². The predicted octanol–water partition coefficient (Wildman–Crippen LogP) is 4.12. The quantitative estimate of drug-likeness (QED) is 0.726. The van der Waals surface area contributed by atoms with Crippen molar-refractivity contribution in [2.75, 3.05) is 30.5 Å². The number of hydrogen-bond donors (Lipinski definition) is 2. The third-order valence-corrected chi connectivity index (χ3v) is 5.85. The molecule has 1 saturated heterocycles. The van der Waals surface area contributed by atoms with Gasteiger partial charge in [0.2, 0.25) is 6.79 Å². The van der Waals surface area contributed by atoms with Crippen molar-refractivity contribution in [2.45, 2.75) is 44.7 Å². The number of anilines is 2. The maximum atomic E-state index is 13.4. The first kappa shape index (κ1) is 19.7. The Kier molecular flexibility index (Phi) is 4.57. The first-order valence-electron chi connectivity index (χ1n) is 10.8. The number of ether oxygens (including phenoxy) is 2. The SMILES string of the molecule is CC(C)(C)N=C1Nc2ccccc2N[C@]12CCCN(C(=O)c1ccc3c(c1)OCO3)C2. The van der Waals surface area contributed by atoms with E-state index in [0.29, 0.717) is 30.2 Å². The van der Waals surface area contributed by atoms with Crippen LogP contribution in [-0.4, -0.2) is 47.6 Å². The van der Waals surface area contributed by atoms with E-state index in [4.69, 9.17) is 14.5 Å². The van der Waals surface area contributed by atoms with Gasteiger partial charge in [-0.2, -0.15) is 0 Å². The highest BCUT2D eigenvalue weighted by Gasteiger charge is 2.45. The van der Waals surface area contributed by atoms with Crippen molar-refractivity contribution in [3.05, 3.63) is 48.0 Å². The van der Waals surface area contributed by atoms with Gasteiger partial charge in [0.1, 0.15) is 11.4 Å². The minimum atomic E-state index is -0.452. The van der Waals surface area contributed by atoms with Crippen molar-refractivity contribution in [3.8, 4) is 11.5 Å². The van der Waals surface area contributed by atoms with Crippen LogP contribution in [-0.2, 0) is 0 Å². The molecule has 0 unspecified atom stereocenters. The number of nitrogens with one attached hydrogen (secondary N) is 2. The Balaban J connectivity index is 1.48. The zero-order valence-electron chi connectivity index (χ0n) is 18.2. The second-order valence-corrected chi connectivity index (χ2v) is 9.41. The van der Waals surface area contributed by atoms with Crippen LogP contribution >= 0.6 is 0 Å². The van der Waals surface area contributed by atoms with Crippen molar-refractivity contribution >= 4 is 23.1 Å². The third kappa shape index (κ3) is 3.69. The highest BCUT2D eigenvalue weighted by molar-refractivity contribution is 6.10. The number of benzene rings is 2. The van der Waals surface area contributed by atoms with Gasteiger partial charge < -0.3 is 25.0 Å². The van der Waals surface area contributed by atoms with Gasteiger partial charge in [0, 0.05) is 12.1 Å². The average molecular weight is 421 g/mol. The van der Waals surface area contributed by atoms with E-state index in [2.05, 4.69) is 37.5 Å². The Bertz CT molecular complexity index is 1060. The minimum absolute atomic E-state index is 0.00635. The molecule has 0 radical (unpaired) electrons. The molecule has 1 fully saturated rings. The monoisotopic (exact) mass is 420 g/mol. The lowest BCUT2D eigenvalue weighted by Gasteiger charge is -2.47. The van der Waals surface area contributed by atoms with Gasteiger partial charge in [-0.15, -0.1) is 0 Å². The molecule has 0 aliphatic carbocycles. The highest BCUT2D eigenvalue weighted by atomic mass is 16.7.